The Balaban J connectivity index is 3.08. The second-order valence-corrected chi connectivity index (χ2v) is 2.50. The minimum absolute atomic E-state index is 0.0107. The third-order valence-electron chi connectivity index (χ3n) is 1.29. The van der Waals surface area contributed by atoms with Gasteiger partial charge in [-0.2, -0.15) is 0 Å². The number of nitrogens with two attached hydrogens (primary N) is 1. The summed E-state index contributed by atoms with van der Waals surface area (Å²) in [6, 6.07) is 0. The molecule has 12 heavy (non-hydrogen) atoms. The highest BCUT2D eigenvalue weighted by Gasteiger charge is 1.98. The molecule has 0 aromatic carbocycles. The molecule has 0 rings (SSSR count). The van der Waals surface area contributed by atoms with Crippen molar-refractivity contribution >= 4 is 5.91 Å². The van der Waals surface area contributed by atoms with Crippen LogP contribution < -0.4 is 11.1 Å². The van der Waals surface area contributed by atoms with Gasteiger partial charge in [0.25, 0.3) is 0 Å². The Morgan fingerprint density at radius 2 is 2.25 bits per heavy atom. The first-order valence-electron chi connectivity index (χ1n) is 4.35. The molecule has 0 bridgehead atoms. The lowest BCUT2D eigenvalue weighted by Crippen LogP contribution is -2.29. The Labute approximate surface area is 73.5 Å². The summed E-state index contributed by atoms with van der Waals surface area (Å²) in [7, 11) is 0. The van der Waals surface area contributed by atoms with E-state index < -0.39 is 0 Å². The summed E-state index contributed by atoms with van der Waals surface area (Å²) < 4.78 is 5.14. The molecule has 4 nitrogen and oxygen atoms in total. The molecule has 4 heteroatoms. The van der Waals surface area contributed by atoms with E-state index in [4.69, 9.17) is 10.5 Å². The van der Waals surface area contributed by atoms with Crippen molar-refractivity contribution in [2.24, 2.45) is 5.73 Å². The zero-order chi connectivity index (χ0) is 9.23. The summed E-state index contributed by atoms with van der Waals surface area (Å²) in [6.07, 6.45) is 1.42. The third kappa shape index (κ3) is 7.50. The summed E-state index contributed by atoms with van der Waals surface area (Å²) in [4.78, 5) is 10.9. The number of hydrogen-bond donors (Lipinski definition) is 2. The highest BCUT2D eigenvalue weighted by atomic mass is 16.5. The van der Waals surface area contributed by atoms with E-state index in [1.807, 2.05) is 6.92 Å². The molecule has 72 valence electrons. The van der Waals surface area contributed by atoms with E-state index in [0.29, 0.717) is 26.1 Å². The van der Waals surface area contributed by atoms with Gasteiger partial charge in [0.2, 0.25) is 5.91 Å². The van der Waals surface area contributed by atoms with Gasteiger partial charge in [0.1, 0.15) is 0 Å². The standard InChI is InChI=1S/C8H18N2O2/c1-2-6-12-7-3-8(11)10-5-4-9/h2-7,9H2,1H3,(H,10,11). The number of rotatable bonds is 7. The van der Waals surface area contributed by atoms with Crippen molar-refractivity contribution in [1.29, 1.82) is 0 Å². The van der Waals surface area contributed by atoms with E-state index in [0.717, 1.165) is 13.0 Å². The van der Waals surface area contributed by atoms with Crippen LogP contribution in [0.25, 0.3) is 0 Å². The van der Waals surface area contributed by atoms with Crippen molar-refractivity contribution in [3.63, 3.8) is 0 Å². The molecule has 0 atom stereocenters. The lowest BCUT2D eigenvalue weighted by Gasteiger charge is -2.03. The second-order valence-electron chi connectivity index (χ2n) is 2.50. The van der Waals surface area contributed by atoms with Crippen molar-refractivity contribution in [2.75, 3.05) is 26.3 Å². The number of hydrogen-bond acceptors (Lipinski definition) is 3. The molecule has 3 N–H and O–H groups in total. The van der Waals surface area contributed by atoms with Gasteiger partial charge in [-0.25, -0.2) is 0 Å². The molecular weight excluding hydrogens is 156 g/mol. The maximum atomic E-state index is 10.9. The summed E-state index contributed by atoms with van der Waals surface area (Å²) in [5.41, 5.74) is 5.21. The minimum atomic E-state index is 0.0107. The first-order chi connectivity index (χ1) is 5.81. The summed E-state index contributed by atoms with van der Waals surface area (Å²) in [5, 5.41) is 2.67. The lowest BCUT2D eigenvalue weighted by molar-refractivity contribution is -0.122. The zero-order valence-corrected chi connectivity index (χ0v) is 7.64. The lowest BCUT2D eigenvalue weighted by atomic mass is 10.4. The van der Waals surface area contributed by atoms with Gasteiger partial charge in [-0.3, -0.25) is 4.79 Å². The van der Waals surface area contributed by atoms with Crippen LogP contribution in [0.2, 0.25) is 0 Å². The van der Waals surface area contributed by atoms with Gasteiger partial charge >= 0.3 is 0 Å². The minimum Gasteiger partial charge on any atom is -0.381 e. The monoisotopic (exact) mass is 174 g/mol. The molecule has 0 heterocycles. The van der Waals surface area contributed by atoms with Crippen LogP contribution in [-0.2, 0) is 9.53 Å². The Bertz CT molecular complexity index is 118. The Hall–Kier alpha value is -0.610. The third-order valence-corrected chi connectivity index (χ3v) is 1.29. The van der Waals surface area contributed by atoms with Crippen LogP contribution in [0.5, 0.6) is 0 Å². The average Bonchev–Trinajstić information content (AvgIpc) is 2.09. The summed E-state index contributed by atoms with van der Waals surface area (Å²) in [5.74, 6) is 0.0107. The fraction of sp³-hybridized carbons (Fsp3) is 0.875. The van der Waals surface area contributed by atoms with Crippen LogP contribution in [0.4, 0.5) is 0 Å². The second kappa shape index (κ2) is 8.49. The Morgan fingerprint density at radius 1 is 1.50 bits per heavy atom. The van der Waals surface area contributed by atoms with Crippen LogP contribution in [0, 0.1) is 0 Å². The van der Waals surface area contributed by atoms with Crippen LogP contribution in [-0.4, -0.2) is 32.2 Å². The topological polar surface area (TPSA) is 64.3 Å². The van der Waals surface area contributed by atoms with Gasteiger partial charge < -0.3 is 15.8 Å². The quantitative estimate of drug-likeness (QED) is 0.529. The molecule has 0 fully saturated rings. The van der Waals surface area contributed by atoms with Crippen molar-refractivity contribution in [3.05, 3.63) is 0 Å². The van der Waals surface area contributed by atoms with Gasteiger partial charge in [-0.1, -0.05) is 6.92 Å². The zero-order valence-electron chi connectivity index (χ0n) is 7.64. The first kappa shape index (κ1) is 11.4. The molecule has 0 aliphatic carbocycles. The van der Waals surface area contributed by atoms with Gasteiger partial charge in [-0.05, 0) is 6.42 Å². The van der Waals surface area contributed by atoms with Crippen molar-refractivity contribution in [1.82, 2.24) is 5.32 Å². The fourth-order valence-corrected chi connectivity index (χ4v) is 0.711. The predicted molar refractivity (Wildman–Crippen MR) is 47.8 cm³/mol. The molecule has 0 radical (unpaired) electrons. The van der Waals surface area contributed by atoms with Gasteiger partial charge in [0.05, 0.1) is 6.61 Å². The molecule has 0 aromatic heterocycles. The van der Waals surface area contributed by atoms with Gasteiger partial charge in [0, 0.05) is 26.1 Å². The smallest absolute Gasteiger partial charge is 0.222 e. The van der Waals surface area contributed by atoms with Crippen molar-refractivity contribution < 1.29 is 9.53 Å². The number of amides is 1. The molecule has 1 amide bonds. The number of carbonyl (C=O) groups is 1. The molecule has 0 saturated heterocycles. The van der Waals surface area contributed by atoms with E-state index >= 15 is 0 Å². The molecule has 0 aliphatic rings. The van der Waals surface area contributed by atoms with Crippen LogP contribution >= 0.6 is 0 Å². The molecule has 0 aliphatic heterocycles. The van der Waals surface area contributed by atoms with E-state index in [-0.39, 0.29) is 5.91 Å². The van der Waals surface area contributed by atoms with Crippen LogP contribution in [0.1, 0.15) is 19.8 Å². The summed E-state index contributed by atoms with van der Waals surface area (Å²) in [6.45, 7) is 4.30. The van der Waals surface area contributed by atoms with E-state index in [1.165, 1.54) is 0 Å². The average molecular weight is 174 g/mol. The molecule has 0 spiro atoms. The maximum Gasteiger partial charge on any atom is 0.222 e. The van der Waals surface area contributed by atoms with Crippen molar-refractivity contribution in [3.8, 4) is 0 Å². The molecule has 0 saturated carbocycles. The summed E-state index contributed by atoms with van der Waals surface area (Å²) >= 11 is 0. The fourth-order valence-electron chi connectivity index (χ4n) is 0.711. The van der Waals surface area contributed by atoms with E-state index in [9.17, 15) is 4.79 Å². The van der Waals surface area contributed by atoms with Crippen molar-refractivity contribution in [2.45, 2.75) is 19.8 Å². The number of nitrogens with one attached hydrogen (secondary N) is 1. The predicted octanol–water partition coefficient (Wildman–Crippen LogP) is -0.122. The van der Waals surface area contributed by atoms with Crippen LogP contribution in [0.3, 0.4) is 0 Å². The molecule has 0 unspecified atom stereocenters. The van der Waals surface area contributed by atoms with E-state index in [2.05, 4.69) is 5.32 Å². The Morgan fingerprint density at radius 3 is 2.83 bits per heavy atom. The highest BCUT2D eigenvalue weighted by molar-refractivity contribution is 5.75. The molecule has 0 aromatic rings. The Kier molecular flexibility index (Phi) is 8.05. The largest absolute Gasteiger partial charge is 0.381 e. The number of carbonyl (C=O) groups excluding carboxylic acids is 1. The SMILES string of the molecule is CCCOCCC(=O)NCCN. The number of ether oxygens (including phenoxy) is 1. The van der Waals surface area contributed by atoms with Gasteiger partial charge in [0.15, 0.2) is 0 Å². The maximum absolute atomic E-state index is 10.9. The normalized spacial score (nSPS) is 9.83. The van der Waals surface area contributed by atoms with Gasteiger partial charge in [-0.15, -0.1) is 0 Å². The first-order valence-corrected chi connectivity index (χ1v) is 4.35. The highest BCUT2D eigenvalue weighted by Crippen LogP contribution is 1.84. The molecular formula is C8H18N2O2. The van der Waals surface area contributed by atoms with E-state index in [1.54, 1.807) is 0 Å². The van der Waals surface area contributed by atoms with Crippen LogP contribution in [0.15, 0.2) is 0 Å².